The molecule has 0 radical (unpaired) electrons. The maximum atomic E-state index is 5.90. The van der Waals surface area contributed by atoms with Crippen LogP contribution in [-0.2, 0) is 0 Å². The van der Waals surface area contributed by atoms with Crippen LogP contribution in [0, 0.1) is 12.8 Å². The van der Waals surface area contributed by atoms with E-state index in [0.717, 1.165) is 31.0 Å². The summed E-state index contributed by atoms with van der Waals surface area (Å²) in [4.78, 5) is 3.25. The maximum Gasteiger partial charge on any atom is 0.128 e. The van der Waals surface area contributed by atoms with Crippen molar-refractivity contribution in [3.05, 3.63) is 30.0 Å². The third kappa shape index (κ3) is 1.57. The van der Waals surface area contributed by atoms with Gasteiger partial charge in [0, 0.05) is 36.1 Å². The monoisotopic (exact) mass is 216 g/mol. The van der Waals surface area contributed by atoms with Crippen LogP contribution in [0.15, 0.2) is 24.4 Å². The van der Waals surface area contributed by atoms with Gasteiger partial charge in [0.05, 0.1) is 6.61 Å². The molecular weight excluding hydrogens is 200 g/mol. The van der Waals surface area contributed by atoms with Crippen molar-refractivity contribution in [1.82, 2.24) is 10.3 Å². The number of hydrogen-bond donors (Lipinski definition) is 2. The van der Waals surface area contributed by atoms with Crippen molar-refractivity contribution in [1.29, 1.82) is 0 Å². The van der Waals surface area contributed by atoms with Crippen molar-refractivity contribution in [3.8, 4) is 5.75 Å². The zero-order valence-corrected chi connectivity index (χ0v) is 9.42. The molecular formula is C13H16N2O. The molecule has 2 heterocycles. The van der Waals surface area contributed by atoms with Gasteiger partial charge in [0.1, 0.15) is 5.75 Å². The van der Waals surface area contributed by atoms with Crippen LogP contribution in [0.2, 0.25) is 0 Å². The Balaban J connectivity index is 1.86. The van der Waals surface area contributed by atoms with Crippen molar-refractivity contribution < 1.29 is 4.74 Å². The van der Waals surface area contributed by atoms with Gasteiger partial charge in [-0.05, 0) is 24.6 Å². The number of aromatic amines is 1. The average Bonchev–Trinajstić information content (AvgIpc) is 2.59. The molecule has 0 amide bonds. The van der Waals surface area contributed by atoms with E-state index in [9.17, 15) is 0 Å². The quantitative estimate of drug-likeness (QED) is 0.824. The summed E-state index contributed by atoms with van der Waals surface area (Å²) in [5.41, 5.74) is 2.40. The predicted molar refractivity (Wildman–Crippen MR) is 64.9 cm³/mol. The molecule has 0 unspecified atom stereocenters. The van der Waals surface area contributed by atoms with E-state index in [4.69, 9.17) is 4.74 Å². The minimum absolute atomic E-state index is 0.675. The van der Waals surface area contributed by atoms with E-state index < -0.39 is 0 Å². The van der Waals surface area contributed by atoms with Crippen LogP contribution in [0.25, 0.3) is 10.9 Å². The molecule has 3 rings (SSSR count). The molecule has 1 aliphatic heterocycles. The molecule has 1 saturated heterocycles. The van der Waals surface area contributed by atoms with Crippen LogP contribution >= 0.6 is 0 Å². The lowest BCUT2D eigenvalue weighted by molar-refractivity contribution is 0.201. The van der Waals surface area contributed by atoms with Crippen molar-refractivity contribution >= 4 is 10.9 Å². The molecule has 3 nitrogen and oxygen atoms in total. The van der Waals surface area contributed by atoms with E-state index in [-0.39, 0.29) is 0 Å². The first-order chi connectivity index (χ1) is 7.84. The van der Waals surface area contributed by atoms with Gasteiger partial charge in [-0.3, -0.25) is 0 Å². The van der Waals surface area contributed by atoms with E-state index in [1.165, 1.54) is 10.9 Å². The van der Waals surface area contributed by atoms with Crippen LogP contribution in [0.3, 0.4) is 0 Å². The Labute approximate surface area is 94.8 Å². The zero-order valence-electron chi connectivity index (χ0n) is 9.42. The van der Waals surface area contributed by atoms with Gasteiger partial charge in [-0.1, -0.05) is 6.07 Å². The lowest BCUT2D eigenvalue weighted by Gasteiger charge is -2.27. The summed E-state index contributed by atoms with van der Waals surface area (Å²) in [6, 6.07) is 6.17. The van der Waals surface area contributed by atoms with Crippen LogP contribution in [-0.4, -0.2) is 24.7 Å². The molecule has 1 aromatic carbocycles. The fraction of sp³-hybridized carbons (Fsp3) is 0.385. The second-order valence-corrected chi connectivity index (χ2v) is 4.49. The summed E-state index contributed by atoms with van der Waals surface area (Å²) in [5.74, 6) is 1.68. The highest BCUT2D eigenvalue weighted by molar-refractivity contribution is 5.89. The Morgan fingerprint density at radius 1 is 1.38 bits per heavy atom. The molecule has 2 N–H and O–H groups in total. The molecule has 16 heavy (non-hydrogen) atoms. The zero-order chi connectivity index (χ0) is 11.0. The number of fused-ring (bicyclic) bond motifs is 1. The van der Waals surface area contributed by atoms with Crippen molar-refractivity contribution in [2.24, 2.45) is 5.92 Å². The largest absolute Gasteiger partial charge is 0.492 e. The number of hydrogen-bond acceptors (Lipinski definition) is 2. The first-order valence-corrected chi connectivity index (χ1v) is 5.75. The van der Waals surface area contributed by atoms with Crippen molar-refractivity contribution in [2.75, 3.05) is 19.7 Å². The fourth-order valence-corrected chi connectivity index (χ4v) is 2.11. The number of ether oxygens (including phenoxy) is 1. The van der Waals surface area contributed by atoms with E-state index in [1.807, 2.05) is 12.3 Å². The molecule has 3 heteroatoms. The van der Waals surface area contributed by atoms with Gasteiger partial charge in [-0.2, -0.15) is 0 Å². The van der Waals surface area contributed by atoms with Gasteiger partial charge in [0.2, 0.25) is 0 Å². The normalized spacial score (nSPS) is 16.3. The molecule has 1 aromatic heterocycles. The summed E-state index contributed by atoms with van der Waals surface area (Å²) in [6.07, 6.45) is 2.03. The van der Waals surface area contributed by atoms with Crippen LogP contribution < -0.4 is 10.1 Å². The first-order valence-electron chi connectivity index (χ1n) is 5.75. The number of H-pyrrole nitrogens is 1. The number of nitrogens with one attached hydrogen (secondary N) is 2. The molecule has 0 aliphatic carbocycles. The van der Waals surface area contributed by atoms with E-state index in [2.05, 4.69) is 29.4 Å². The number of benzene rings is 1. The Morgan fingerprint density at radius 3 is 3.00 bits per heavy atom. The van der Waals surface area contributed by atoms with E-state index in [0.29, 0.717) is 5.92 Å². The summed E-state index contributed by atoms with van der Waals surface area (Å²) in [5, 5.41) is 4.47. The van der Waals surface area contributed by atoms with Crippen LogP contribution in [0.4, 0.5) is 0 Å². The molecule has 0 bridgehead atoms. The molecule has 0 atom stereocenters. The van der Waals surface area contributed by atoms with Crippen LogP contribution in [0.1, 0.15) is 5.56 Å². The first kappa shape index (κ1) is 9.73. The summed E-state index contributed by atoms with van der Waals surface area (Å²) in [7, 11) is 0. The van der Waals surface area contributed by atoms with Crippen LogP contribution in [0.5, 0.6) is 5.75 Å². The van der Waals surface area contributed by atoms with E-state index >= 15 is 0 Å². The predicted octanol–water partition coefficient (Wildman–Crippen LogP) is 2.07. The standard InChI is InChI=1S/C13H16N2O/c1-9-5-15-11-3-2-4-12(13(9)11)16-8-10-6-14-7-10/h2-5,10,14-15H,6-8H2,1H3. The lowest BCUT2D eigenvalue weighted by atomic mass is 10.1. The Hall–Kier alpha value is -1.48. The topological polar surface area (TPSA) is 37.0 Å². The third-order valence-electron chi connectivity index (χ3n) is 3.21. The van der Waals surface area contributed by atoms with Crippen molar-refractivity contribution in [2.45, 2.75) is 6.92 Å². The average molecular weight is 216 g/mol. The van der Waals surface area contributed by atoms with Gasteiger partial charge < -0.3 is 15.0 Å². The Bertz CT molecular complexity index is 500. The van der Waals surface area contributed by atoms with Crippen molar-refractivity contribution in [3.63, 3.8) is 0 Å². The molecule has 1 aliphatic rings. The number of aromatic nitrogens is 1. The number of aryl methyl sites for hydroxylation is 1. The highest BCUT2D eigenvalue weighted by Gasteiger charge is 2.17. The minimum Gasteiger partial charge on any atom is -0.492 e. The van der Waals surface area contributed by atoms with Gasteiger partial charge in [0.25, 0.3) is 0 Å². The second-order valence-electron chi connectivity index (χ2n) is 4.49. The Kier molecular flexibility index (Phi) is 2.33. The second kappa shape index (κ2) is 3.83. The number of rotatable bonds is 3. The highest BCUT2D eigenvalue weighted by Crippen LogP contribution is 2.28. The van der Waals surface area contributed by atoms with E-state index in [1.54, 1.807) is 0 Å². The Morgan fingerprint density at radius 2 is 2.25 bits per heavy atom. The lowest BCUT2D eigenvalue weighted by Crippen LogP contribution is -2.45. The third-order valence-corrected chi connectivity index (χ3v) is 3.21. The van der Waals surface area contributed by atoms with Gasteiger partial charge >= 0.3 is 0 Å². The molecule has 0 spiro atoms. The highest BCUT2D eigenvalue weighted by atomic mass is 16.5. The summed E-state index contributed by atoms with van der Waals surface area (Å²) in [6.45, 7) is 5.09. The molecule has 2 aromatic rings. The molecule has 0 saturated carbocycles. The molecule has 1 fully saturated rings. The fourth-order valence-electron chi connectivity index (χ4n) is 2.11. The summed E-state index contributed by atoms with van der Waals surface area (Å²) < 4.78 is 5.90. The van der Waals surface area contributed by atoms with Gasteiger partial charge in [-0.25, -0.2) is 0 Å². The molecule has 84 valence electrons. The minimum atomic E-state index is 0.675. The maximum absolute atomic E-state index is 5.90. The summed E-state index contributed by atoms with van der Waals surface area (Å²) >= 11 is 0. The van der Waals surface area contributed by atoms with Gasteiger partial charge in [0.15, 0.2) is 0 Å². The van der Waals surface area contributed by atoms with Gasteiger partial charge in [-0.15, -0.1) is 0 Å². The SMILES string of the molecule is Cc1c[nH]c2cccc(OCC3CNC3)c12. The smallest absolute Gasteiger partial charge is 0.128 e.